The van der Waals surface area contributed by atoms with E-state index in [1.807, 2.05) is 74.2 Å². The number of aromatic nitrogens is 3. The van der Waals surface area contributed by atoms with Gasteiger partial charge >= 0.3 is 0 Å². The summed E-state index contributed by atoms with van der Waals surface area (Å²) in [6, 6.07) is 15.6. The second-order valence-electron chi connectivity index (χ2n) is 8.16. The maximum atomic E-state index is 12.9. The van der Waals surface area contributed by atoms with E-state index in [2.05, 4.69) is 15.3 Å². The van der Waals surface area contributed by atoms with Gasteiger partial charge in [0.05, 0.1) is 24.8 Å². The molecule has 3 heterocycles. The zero-order valence-corrected chi connectivity index (χ0v) is 18.8. The highest BCUT2D eigenvalue weighted by Crippen LogP contribution is 2.32. The number of amides is 1. The smallest absolute Gasteiger partial charge is 0.228 e. The van der Waals surface area contributed by atoms with Crippen LogP contribution in [0.3, 0.4) is 0 Å². The summed E-state index contributed by atoms with van der Waals surface area (Å²) in [4.78, 5) is 28.5. The fourth-order valence-corrected chi connectivity index (χ4v) is 4.09. The Bertz CT molecular complexity index is 1080. The van der Waals surface area contributed by atoms with Gasteiger partial charge in [-0.1, -0.05) is 24.3 Å². The minimum absolute atomic E-state index is 0.0251. The van der Waals surface area contributed by atoms with E-state index in [4.69, 9.17) is 9.72 Å². The molecule has 1 unspecified atom stereocenters. The first-order chi connectivity index (χ1) is 15.5. The second-order valence-corrected chi connectivity index (χ2v) is 8.16. The van der Waals surface area contributed by atoms with Crippen LogP contribution in [0.5, 0.6) is 5.75 Å². The van der Waals surface area contributed by atoms with Crippen LogP contribution in [0.15, 0.2) is 48.5 Å². The summed E-state index contributed by atoms with van der Waals surface area (Å²) in [5.74, 6) is 2.13. The normalized spacial score (nSPS) is 15.6. The van der Waals surface area contributed by atoms with Gasteiger partial charge in [-0.3, -0.25) is 4.79 Å². The summed E-state index contributed by atoms with van der Waals surface area (Å²) in [5, 5.41) is 3.19. The van der Waals surface area contributed by atoms with Crippen molar-refractivity contribution in [3.8, 4) is 5.75 Å². The van der Waals surface area contributed by atoms with Crippen molar-refractivity contribution in [3.05, 3.63) is 71.2 Å². The molecule has 0 aliphatic carbocycles. The summed E-state index contributed by atoms with van der Waals surface area (Å²) in [6.45, 7) is 6.99. The standard InChI is InChI=1S/C25H29N5O2/c1-17-8-4-5-11-22(17)32-15-13-24(31)30-14-7-10-21(30)20-9-6-12-23(28-20)29-25-26-18(2)16-19(3)27-25/h4-6,8-9,11-12,16,21H,7,10,13-15H2,1-3H3,(H,26,27,28,29). The average molecular weight is 432 g/mol. The number of carbonyl (C=O) groups is 1. The van der Waals surface area contributed by atoms with E-state index in [9.17, 15) is 4.79 Å². The molecule has 1 fully saturated rings. The SMILES string of the molecule is Cc1cc(C)nc(Nc2cccc(C3CCCN3C(=O)CCOc3ccccc3C)n2)n1. The molecule has 1 aliphatic heterocycles. The van der Waals surface area contributed by atoms with Crippen LogP contribution < -0.4 is 10.1 Å². The Labute approximate surface area is 188 Å². The summed E-state index contributed by atoms with van der Waals surface area (Å²) in [5.41, 5.74) is 3.75. The minimum Gasteiger partial charge on any atom is -0.493 e. The summed E-state index contributed by atoms with van der Waals surface area (Å²) in [7, 11) is 0. The molecule has 7 heteroatoms. The molecule has 4 rings (SSSR count). The van der Waals surface area contributed by atoms with E-state index in [1.165, 1.54) is 0 Å². The highest BCUT2D eigenvalue weighted by atomic mass is 16.5. The molecule has 7 nitrogen and oxygen atoms in total. The number of hydrogen-bond acceptors (Lipinski definition) is 6. The van der Waals surface area contributed by atoms with Gasteiger partial charge in [0.2, 0.25) is 11.9 Å². The van der Waals surface area contributed by atoms with Gasteiger partial charge in [-0.2, -0.15) is 0 Å². The quantitative estimate of drug-likeness (QED) is 0.585. The Hall–Kier alpha value is -3.48. The highest BCUT2D eigenvalue weighted by Gasteiger charge is 2.30. The number of nitrogens with zero attached hydrogens (tertiary/aromatic N) is 4. The zero-order chi connectivity index (χ0) is 22.5. The largest absolute Gasteiger partial charge is 0.493 e. The molecule has 0 saturated carbocycles. The molecule has 166 valence electrons. The lowest BCUT2D eigenvalue weighted by molar-refractivity contribution is -0.132. The molecular formula is C25H29N5O2. The Kier molecular flexibility index (Phi) is 6.63. The van der Waals surface area contributed by atoms with Gasteiger partial charge in [0.15, 0.2) is 0 Å². The van der Waals surface area contributed by atoms with Crippen molar-refractivity contribution in [2.24, 2.45) is 0 Å². The molecule has 3 aromatic rings. The van der Waals surface area contributed by atoms with Crippen molar-refractivity contribution in [3.63, 3.8) is 0 Å². The number of rotatable bonds is 7. The van der Waals surface area contributed by atoms with Gasteiger partial charge in [-0.25, -0.2) is 15.0 Å². The third kappa shape index (κ3) is 5.22. The highest BCUT2D eigenvalue weighted by molar-refractivity contribution is 5.77. The lowest BCUT2D eigenvalue weighted by atomic mass is 10.1. The van der Waals surface area contributed by atoms with Crippen LogP contribution in [-0.4, -0.2) is 38.9 Å². The Balaban J connectivity index is 1.41. The molecule has 1 saturated heterocycles. The Morgan fingerprint density at radius 2 is 1.84 bits per heavy atom. The van der Waals surface area contributed by atoms with Crippen molar-refractivity contribution in [1.29, 1.82) is 0 Å². The second kappa shape index (κ2) is 9.77. The predicted octanol–water partition coefficient (Wildman–Crippen LogP) is 4.67. The number of anilines is 2. The first kappa shape index (κ1) is 21.7. The minimum atomic E-state index is -0.0251. The maximum Gasteiger partial charge on any atom is 0.228 e. The third-order valence-corrected chi connectivity index (χ3v) is 5.57. The maximum absolute atomic E-state index is 12.9. The van der Waals surface area contributed by atoms with E-state index < -0.39 is 0 Å². The van der Waals surface area contributed by atoms with Gasteiger partial charge in [-0.15, -0.1) is 0 Å². The van der Waals surface area contributed by atoms with Crippen molar-refractivity contribution in [1.82, 2.24) is 19.9 Å². The summed E-state index contributed by atoms with van der Waals surface area (Å²) < 4.78 is 5.83. The van der Waals surface area contributed by atoms with E-state index in [1.54, 1.807) is 0 Å². The Morgan fingerprint density at radius 3 is 2.62 bits per heavy atom. The molecule has 1 aromatic carbocycles. The number of aryl methyl sites for hydroxylation is 3. The molecule has 1 atom stereocenters. The number of benzene rings is 1. The van der Waals surface area contributed by atoms with Gasteiger partial charge < -0.3 is 15.0 Å². The fraction of sp³-hybridized carbons (Fsp3) is 0.360. The molecule has 32 heavy (non-hydrogen) atoms. The monoisotopic (exact) mass is 431 g/mol. The van der Waals surface area contributed by atoms with Gasteiger partial charge in [0.1, 0.15) is 11.6 Å². The lowest BCUT2D eigenvalue weighted by Crippen LogP contribution is -2.32. The lowest BCUT2D eigenvalue weighted by Gasteiger charge is -2.25. The average Bonchev–Trinajstić information content (AvgIpc) is 3.25. The number of nitrogens with one attached hydrogen (secondary N) is 1. The third-order valence-electron chi connectivity index (χ3n) is 5.57. The molecule has 1 aliphatic rings. The number of hydrogen-bond donors (Lipinski definition) is 1. The number of pyridine rings is 1. The van der Waals surface area contributed by atoms with Crippen molar-refractivity contribution in [2.45, 2.75) is 46.1 Å². The van der Waals surface area contributed by atoms with Gasteiger partial charge in [0.25, 0.3) is 0 Å². The first-order valence-corrected chi connectivity index (χ1v) is 11.0. The number of ether oxygens (including phenoxy) is 1. The van der Waals surface area contributed by atoms with Crippen LogP contribution in [0.2, 0.25) is 0 Å². The predicted molar refractivity (Wildman–Crippen MR) is 124 cm³/mol. The van der Waals surface area contributed by atoms with Crippen LogP contribution in [0.1, 0.15) is 47.9 Å². The van der Waals surface area contributed by atoms with E-state index >= 15 is 0 Å². The molecule has 0 radical (unpaired) electrons. The van der Waals surface area contributed by atoms with Crippen LogP contribution in [-0.2, 0) is 4.79 Å². The van der Waals surface area contributed by atoms with Crippen molar-refractivity contribution < 1.29 is 9.53 Å². The summed E-state index contributed by atoms with van der Waals surface area (Å²) >= 11 is 0. The van der Waals surface area contributed by atoms with E-state index in [-0.39, 0.29) is 11.9 Å². The van der Waals surface area contributed by atoms with E-state index in [0.29, 0.717) is 24.8 Å². The molecule has 1 N–H and O–H groups in total. The van der Waals surface area contributed by atoms with Crippen LogP contribution >= 0.6 is 0 Å². The van der Waals surface area contributed by atoms with Crippen molar-refractivity contribution >= 4 is 17.7 Å². The van der Waals surface area contributed by atoms with Gasteiger partial charge in [0, 0.05) is 17.9 Å². The first-order valence-electron chi connectivity index (χ1n) is 11.0. The topological polar surface area (TPSA) is 80.2 Å². The van der Waals surface area contributed by atoms with E-state index in [0.717, 1.165) is 47.8 Å². The van der Waals surface area contributed by atoms with Crippen LogP contribution in [0.25, 0.3) is 0 Å². The molecule has 0 bridgehead atoms. The number of likely N-dealkylation sites (tertiary alicyclic amines) is 1. The zero-order valence-electron chi connectivity index (χ0n) is 18.8. The molecular weight excluding hydrogens is 402 g/mol. The van der Waals surface area contributed by atoms with Gasteiger partial charge in [-0.05, 0) is 63.4 Å². The summed E-state index contributed by atoms with van der Waals surface area (Å²) in [6.07, 6.45) is 2.22. The van der Waals surface area contributed by atoms with Crippen molar-refractivity contribution in [2.75, 3.05) is 18.5 Å². The number of carbonyl (C=O) groups excluding carboxylic acids is 1. The van der Waals surface area contributed by atoms with Crippen LogP contribution in [0.4, 0.5) is 11.8 Å². The molecule has 1 amide bonds. The Morgan fingerprint density at radius 1 is 1.06 bits per heavy atom. The number of para-hydroxylation sites is 1. The molecule has 0 spiro atoms. The fourth-order valence-electron chi connectivity index (χ4n) is 4.09. The van der Waals surface area contributed by atoms with Crippen LogP contribution in [0, 0.1) is 20.8 Å². The molecule has 2 aromatic heterocycles.